The zero-order chi connectivity index (χ0) is 7.68. The van der Waals surface area contributed by atoms with E-state index >= 15 is 0 Å². The highest BCUT2D eigenvalue weighted by atomic mass is 15.4. The molecule has 0 bridgehead atoms. The molecule has 4 N–H and O–H groups in total. The van der Waals surface area contributed by atoms with Crippen LogP contribution in [-0.4, -0.2) is 10.9 Å². The van der Waals surface area contributed by atoms with Crippen LogP contribution in [0, 0.1) is 0 Å². The summed E-state index contributed by atoms with van der Waals surface area (Å²) in [5.74, 6) is 0.365. The van der Waals surface area contributed by atoms with E-state index in [2.05, 4.69) is 20.8 Å². The second-order valence-electron chi connectivity index (χ2n) is 2.14. The van der Waals surface area contributed by atoms with Crippen molar-refractivity contribution in [3.63, 3.8) is 0 Å². The predicted octanol–water partition coefficient (Wildman–Crippen LogP) is -0.0421. The van der Waals surface area contributed by atoms with E-state index in [1.807, 2.05) is 0 Å². The molecular weight excluding hydrogens is 142 g/mol. The third kappa shape index (κ3) is 0.958. The minimum Gasteiger partial charge on any atom is -0.368 e. The van der Waals surface area contributed by atoms with Crippen LogP contribution >= 0.6 is 0 Å². The van der Waals surface area contributed by atoms with Gasteiger partial charge in [0.2, 0.25) is 5.96 Å². The number of aliphatic imine (C=N–C) groups is 1. The zero-order valence-electron chi connectivity index (χ0n) is 5.70. The summed E-state index contributed by atoms with van der Waals surface area (Å²) in [5.41, 5.74) is 12.6. The van der Waals surface area contributed by atoms with Gasteiger partial charge in [-0.05, 0) is 6.07 Å². The molecule has 0 radical (unpaired) electrons. The number of nitrogens with zero attached hydrogens (tertiary/aromatic N) is 2. The second kappa shape index (κ2) is 2.12. The van der Waals surface area contributed by atoms with Gasteiger partial charge in [0.1, 0.15) is 0 Å². The van der Waals surface area contributed by atoms with Gasteiger partial charge in [0.05, 0.1) is 17.6 Å². The van der Waals surface area contributed by atoms with Crippen LogP contribution in [0.4, 0.5) is 11.4 Å². The summed E-state index contributed by atoms with van der Waals surface area (Å²) in [7, 11) is 0. The normalized spacial score (nSPS) is 14.0. The molecule has 5 heteroatoms. The number of rotatable bonds is 0. The number of anilines is 1. The summed E-state index contributed by atoms with van der Waals surface area (Å²) in [6, 6.07) is 1.79. The van der Waals surface area contributed by atoms with E-state index in [0.717, 1.165) is 11.4 Å². The molecule has 2 heterocycles. The Labute approximate surface area is 63.3 Å². The Hall–Kier alpha value is -1.78. The summed E-state index contributed by atoms with van der Waals surface area (Å²) < 4.78 is 0. The largest absolute Gasteiger partial charge is 0.368 e. The topological polar surface area (TPSA) is 75.3 Å². The van der Waals surface area contributed by atoms with Gasteiger partial charge < -0.3 is 5.73 Å². The Balaban J connectivity index is 2.51. The van der Waals surface area contributed by atoms with Crippen LogP contribution in [0.1, 0.15) is 0 Å². The van der Waals surface area contributed by atoms with E-state index in [4.69, 9.17) is 5.73 Å². The molecule has 0 saturated heterocycles. The lowest BCUT2D eigenvalue weighted by molar-refractivity contribution is 1.05. The Kier molecular flexibility index (Phi) is 1.15. The third-order valence-corrected chi connectivity index (χ3v) is 1.36. The number of fused-ring (bicyclic) bond motifs is 1. The summed E-state index contributed by atoms with van der Waals surface area (Å²) in [6.45, 7) is 0. The van der Waals surface area contributed by atoms with Crippen molar-refractivity contribution < 1.29 is 0 Å². The van der Waals surface area contributed by atoms with Crippen LogP contribution in [0.5, 0.6) is 0 Å². The molecule has 0 spiro atoms. The first-order chi connectivity index (χ1) is 5.36. The van der Waals surface area contributed by atoms with Gasteiger partial charge in [0.25, 0.3) is 0 Å². The lowest BCUT2D eigenvalue weighted by Crippen LogP contribution is -2.37. The number of guanidine groups is 1. The van der Waals surface area contributed by atoms with E-state index in [1.54, 1.807) is 18.5 Å². The highest BCUT2D eigenvalue weighted by molar-refractivity contribution is 5.87. The van der Waals surface area contributed by atoms with Crippen LogP contribution in [0.25, 0.3) is 0 Å². The van der Waals surface area contributed by atoms with Gasteiger partial charge in [0, 0.05) is 6.20 Å². The highest BCUT2D eigenvalue weighted by Crippen LogP contribution is 2.23. The average Bonchev–Trinajstić information content (AvgIpc) is 2.04. The van der Waals surface area contributed by atoms with Gasteiger partial charge in [-0.25, -0.2) is 4.99 Å². The molecule has 2 rings (SSSR count). The number of nitrogens with one attached hydrogen (secondary N) is 2. The van der Waals surface area contributed by atoms with Crippen molar-refractivity contribution in [1.82, 2.24) is 10.4 Å². The Morgan fingerprint density at radius 3 is 3.18 bits per heavy atom. The fourth-order valence-electron chi connectivity index (χ4n) is 0.870. The monoisotopic (exact) mass is 149 g/mol. The molecular formula is C6H7N5. The first-order valence-electron chi connectivity index (χ1n) is 3.16. The molecule has 0 unspecified atom stereocenters. The standard InChI is InChI=1S/C6H7N5/c7-6-9-4-1-2-8-3-5(4)10-11-6/h1-3,10H,(H3,7,9,11). The first-order valence-corrected chi connectivity index (χ1v) is 3.16. The maximum atomic E-state index is 5.41. The maximum absolute atomic E-state index is 5.41. The summed E-state index contributed by atoms with van der Waals surface area (Å²) in [5, 5.41) is 0. The predicted molar refractivity (Wildman–Crippen MR) is 42.3 cm³/mol. The van der Waals surface area contributed by atoms with Crippen molar-refractivity contribution in [3.8, 4) is 0 Å². The van der Waals surface area contributed by atoms with Crippen molar-refractivity contribution in [2.75, 3.05) is 5.43 Å². The zero-order valence-corrected chi connectivity index (χ0v) is 5.70. The number of hydrazine groups is 1. The van der Waals surface area contributed by atoms with Crippen LogP contribution in [0.3, 0.4) is 0 Å². The van der Waals surface area contributed by atoms with Crippen LogP contribution in [-0.2, 0) is 0 Å². The van der Waals surface area contributed by atoms with Crippen molar-refractivity contribution in [1.29, 1.82) is 0 Å². The van der Waals surface area contributed by atoms with Gasteiger partial charge in [-0.2, -0.15) is 0 Å². The lowest BCUT2D eigenvalue weighted by atomic mass is 10.3. The minimum absolute atomic E-state index is 0.365. The molecule has 0 aromatic carbocycles. The average molecular weight is 149 g/mol. The number of nitrogens with two attached hydrogens (primary N) is 1. The van der Waals surface area contributed by atoms with Crippen molar-refractivity contribution in [2.24, 2.45) is 10.7 Å². The molecule has 0 aliphatic carbocycles. The molecule has 11 heavy (non-hydrogen) atoms. The van der Waals surface area contributed by atoms with E-state index in [9.17, 15) is 0 Å². The Morgan fingerprint density at radius 2 is 2.27 bits per heavy atom. The molecule has 1 aromatic rings. The second-order valence-corrected chi connectivity index (χ2v) is 2.14. The molecule has 0 fully saturated rings. The van der Waals surface area contributed by atoms with Gasteiger partial charge >= 0.3 is 0 Å². The smallest absolute Gasteiger partial charge is 0.212 e. The number of pyridine rings is 1. The van der Waals surface area contributed by atoms with E-state index in [0.29, 0.717) is 5.96 Å². The molecule has 1 aliphatic heterocycles. The third-order valence-electron chi connectivity index (χ3n) is 1.36. The molecule has 1 aromatic heterocycles. The molecule has 0 saturated carbocycles. The number of hydrogen-bond donors (Lipinski definition) is 3. The van der Waals surface area contributed by atoms with Crippen molar-refractivity contribution in [2.45, 2.75) is 0 Å². The molecule has 5 nitrogen and oxygen atoms in total. The van der Waals surface area contributed by atoms with Crippen LogP contribution in [0.2, 0.25) is 0 Å². The van der Waals surface area contributed by atoms with E-state index in [-0.39, 0.29) is 0 Å². The van der Waals surface area contributed by atoms with Crippen LogP contribution in [0.15, 0.2) is 23.5 Å². The molecule has 1 aliphatic rings. The summed E-state index contributed by atoms with van der Waals surface area (Å²) in [6.07, 6.45) is 3.35. The van der Waals surface area contributed by atoms with Crippen LogP contribution < -0.4 is 16.6 Å². The number of aromatic nitrogens is 1. The maximum Gasteiger partial charge on any atom is 0.212 e. The molecule has 0 atom stereocenters. The van der Waals surface area contributed by atoms with Gasteiger partial charge in [0.15, 0.2) is 0 Å². The highest BCUT2D eigenvalue weighted by Gasteiger charge is 2.05. The molecule has 0 amide bonds. The Morgan fingerprint density at radius 1 is 1.36 bits per heavy atom. The first kappa shape index (κ1) is 5.96. The van der Waals surface area contributed by atoms with E-state index in [1.165, 1.54) is 0 Å². The quantitative estimate of drug-likeness (QED) is 0.483. The minimum atomic E-state index is 0.365. The lowest BCUT2D eigenvalue weighted by Gasteiger charge is -2.15. The van der Waals surface area contributed by atoms with Crippen molar-refractivity contribution in [3.05, 3.63) is 18.5 Å². The van der Waals surface area contributed by atoms with Gasteiger partial charge in [-0.3, -0.25) is 15.8 Å². The Bertz CT molecular complexity index is 306. The fourth-order valence-corrected chi connectivity index (χ4v) is 0.870. The van der Waals surface area contributed by atoms with Gasteiger partial charge in [-0.1, -0.05) is 0 Å². The fraction of sp³-hybridized carbons (Fsp3) is 0. The SMILES string of the molecule is NC1=Nc2ccncc2NN1. The summed E-state index contributed by atoms with van der Waals surface area (Å²) in [4.78, 5) is 7.94. The summed E-state index contributed by atoms with van der Waals surface area (Å²) >= 11 is 0. The van der Waals surface area contributed by atoms with E-state index < -0.39 is 0 Å². The molecule has 56 valence electrons. The van der Waals surface area contributed by atoms with Crippen molar-refractivity contribution >= 4 is 17.3 Å². The number of hydrogen-bond acceptors (Lipinski definition) is 5. The van der Waals surface area contributed by atoms with Gasteiger partial charge in [-0.15, -0.1) is 0 Å².